The molecule has 0 saturated carbocycles. The van der Waals surface area contributed by atoms with Crippen molar-refractivity contribution in [1.82, 2.24) is 9.47 Å². The van der Waals surface area contributed by atoms with E-state index in [1.165, 1.54) is 43.2 Å². The second-order valence-electron chi connectivity index (χ2n) is 12.3. The number of aromatic nitrogens is 1. The lowest BCUT2D eigenvalue weighted by molar-refractivity contribution is -0.384. The van der Waals surface area contributed by atoms with E-state index in [2.05, 4.69) is 0 Å². The Morgan fingerprint density at radius 3 is 2.29 bits per heavy atom. The van der Waals surface area contributed by atoms with Crippen LogP contribution in [0.4, 0.5) is 18.9 Å². The molecule has 1 unspecified atom stereocenters. The highest BCUT2D eigenvalue weighted by Gasteiger charge is 2.57. The monoisotopic (exact) mass is 711 g/mol. The number of ether oxygens (including phenoxy) is 4. The van der Waals surface area contributed by atoms with Gasteiger partial charge in [0, 0.05) is 48.4 Å². The number of hydrogen-bond donors (Lipinski definition) is 1. The first-order valence-corrected chi connectivity index (χ1v) is 16.4. The van der Waals surface area contributed by atoms with Crippen LogP contribution in [0.3, 0.4) is 0 Å². The standard InChI is InChI=1S/C37H40F3N3O8/c1-4-50-34(44)13-10-27-18-32(48-2)35(33(19-27)49-3)51-23-26-14-16-41(17-15-26)24-36(45,37(38,39)40)30-22-42(21-25-8-6-5-7-9-25)31-20-28(43(46)47)11-12-29(30)31/h5-13,18-20,22,26,45H,4,14-17,21,23-24H2,1-3H3/b13-10+. The number of aliphatic hydroxyl groups is 1. The van der Waals surface area contributed by atoms with Gasteiger partial charge in [0.2, 0.25) is 11.4 Å². The maximum Gasteiger partial charge on any atom is 0.422 e. The lowest BCUT2D eigenvalue weighted by atomic mass is 9.90. The Labute approximate surface area is 292 Å². The number of carbonyl (C=O) groups is 1. The predicted octanol–water partition coefficient (Wildman–Crippen LogP) is 6.73. The van der Waals surface area contributed by atoms with Gasteiger partial charge in [-0.2, -0.15) is 13.2 Å². The molecule has 1 N–H and O–H groups in total. The number of alkyl halides is 3. The first-order valence-electron chi connectivity index (χ1n) is 16.4. The van der Waals surface area contributed by atoms with Gasteiger partial charge in [0.15, 0.2) is 11.5 Å². The molecule has 0 spiro atoms. The molecule has 0 amide bonds. The topological polar surface area (TPSA) is 126 Å². The van der Waals surface area contributed by atoms with Crippen LogP contribution in [0, 0.1) is 16.0 Å². The van der Waals surface area contributed by atoms with Crippen molar-refractivity contribution in [2.45, 2.75) is 38.1 Å². The molecule has 1 aliphatic rings. The van der Waals surface area contributed by atoms with E-state index in [9.17, 15) is 33.2 Å². The predicted molar refractivity (Wildman–Crippen MR) is 184 cm³/mol. The van der Waals surface area contributed by atoms with Crippen molar-refractivity contribution in [2.75, 3.05) is 47.1 Å². The normalized spacial score (nSPS) is 15.5. The van der Waals surface area contributed by atoms with Gasteiger partial charge < -0.3 is 28.6 Å². The van der Waals surface area contributed by atoms with Crippen LogP contribution in [0.5, 0.6) is 17.2 Å². The van der Waals surface area contributed by atoms with Gasteiger partial charge >= 0.3 is 12.1 Å². The molecule has 14 heteroatoms. The quantitative estimate of drug-likeness (QED) is 0.0656. The third-order valence-electron chi connectivity index (χ3n) is 8.99. The minimum atomic E-state index is -5.05. The van der Waals surface area contributed by atoms with E-state index in [-0.39, 0.29) is 60.9 Å². The molecular formula is C37H40F3N3O8. The maximum atomic E-state index is 14.9. The summed E-state index contributed by atoms with van der Waals surface area (Å²) in [6.07, 6.45) is 0.0670. The summed E-state index contributed by atoms with van der Waals surface area (Å²) >= 11 is 0. The van der Waals surface area contributed by atoms with Gasteiger partial charge in [-0.3, -0.25) is 15.0 Å². The molecule has 0 radical (unpaired) electrons. The third-order valence-corrected chi connectivity index (χ3v) is 8.99. The smallest absolute Gasteiger partial charge is 0.422 e. The van der Waals surface area contributed by atoms with Crippen LogP contribution in [0.25, 0.3) is 17.0 Å². The maximum absolute atomic E-state index is 14.9. The molecule has 3 aromatic carbocycles. The van der Waals surface area contributed by atoms with Crippen molar-refractivity contribution in [3.8, 4) is 17.2 Å². The molecular weight excluding hydrogens is 671 g/mol. The first kappa shape index (κ1) is 37.2. The number of carbonyl (C=O) groups excluding carboxylic acids is 1. The number of nitro benzene ring substituents is 1. The Balaban J connectivity index is 1.32. The number of fused-ring (bicyclic) bond motifs is 1. The lowest BCUT2D eigenvalue weighted by Gasteiger charge is -2.39. The van der Waals surface area contributed by atoms with E-state index >= 15 is 0 Å². The SMILES string of the molecule is CCOC(=O)/C=C/c1cc(OC)c(OCC2CCN(CC(O)(c3cn(Cc4ccccc4)c4cc([N+](=O)[O-])ccc34)C(F)(F)F)CC2)c(OC)c1. The summed E-state index contributed by atoms with van der Waals surface area (Å²) in [4.78, 5) is 24.3. The molecule has 2 heterocycles. The highest BCUT2D eigenvalue weighted by atomic mass is 19.4. The number of benzene rings is 3. The van der Waals surface area contributed by atoms with Crippen LogP contribution in [0.1, 0.15) is 36.5 Å². The minimum absolute atomic E-state index is 0.00800. The number of halogens is 3. The van der Waals surface area contributed by atoms with E-state index in [1.807, 2.05) is 6.07 Å². The molecule has 0 bridgehead atoms. The van der Waals surface area contributed by atoms with Crippen LogP contribution < -0.4 is 14.2 Å². The van der Waals surface area contributed by atoms with Crippen molar-refractivity contribution in [2.24, 2.45) is 5.92 Å². The zero-order valence-corrected chi connectivity index (χ0v) is 28.5. The average molecular weight is 712 g/mol. The van der Waals surface area contributed by atoms with Crippen molar-refractivity contribution in [3.63, 3.8) is 0 Å². The van der Waals surface area contributed by atoms with E-state index in [1.54, 1.807) is 54.3 Å². The number of methoxy groups -OCH3 is 2. The van der Waals surface area contributed by atoms with Crippen molar-refractivity contribution in [3.05, 3.63) is 99.7 Å². The third kappa shape index (κ3) is 8.46. The van der Waals surface area contributed by atoms with Crippen LogP contribution >= 0.6 is 0 Å². The number of likely N-dealkylation sites (tertiary alicyclic amines) is 1. The van der Waals surface area contributed by atoms with Gasteiger partial charge in [-0.15, -0.1) is 0 Å². The Morgan fingerprint density at radius 2 is 1.71 bits per heavy atom. The Kier molecular flexibility index (Phi) is 11.6. The summed E-state index contributed by atoms with van der Waals surface area (Å²) in [5.41, 5.74) is -2.26. The molecule has 1 aliphatic heterocycles. The number of piperidine rings is 1. The summed E-state index contributed by atoms with van der Waals surface area (Å²) in [5, 5.41) is 23.2. The van der Waals surface area contributed by atoms with Crippen molar-refractivity contribution in [1.29, 1.82) is 0 Å². The molecule has 5 rings (SSSR count). The Morgan fingerprint density at radius 1 is 1.04 bits per heavy atom. The zero-order valence-electron chi connectivity index (χ0n) is 28.5. The van der Waals surface area contributed by atoms with Gasteiger partial charge in [-0.05, 0) is 74.2 Å². The number of non-ortho nitro benzene ring substituents is 1. The highest BCUT2D eigenvalue weighted by Crippen LogP contribution is 2.45. The fourth-order valence-corrected chi connectivity index (χ4v) is 6.29. The second kappa shape index (κ2) is 15.9. The highest BCUT2D eigenvalue weighted by molar-refractivity contribution is 5.88. The average Bonchev–Trinajstić information content (AvgIpc) is 3.48. The largest absolute Gasteiger partial charge is 0.493 e. The van der Waals surface area contributed by atoms with Gasteiger partial charge in [0.25, 0.3) is 5.69 Å². The summed E-state index contributed by atoms with van der Waals surface area (Å²) in [6.45, 7) is 2.18. The summed E-state index contributed by atoms with van der Waals surface area (Å²) in [7, 11) is 2.95. The molecule has 272 valence electrons. The van der Waals surface area contributed by atoms with E-state index in [4.69, 9.17) is 18.9 Å². The number of rotatable bonds is 14. The van der Waals surface area contributed by atoms with E-state index < -0.39 is 29.2 Å². The molecule has 1 saturated heterocycles. The van der Waals surface area contributed by atoms with E-state index in [0.29, 0.717) is 35.7 Å². The first-order chi connectivity index (χ1) is 24.4. The molecule has 51 heavy (non-hydrogen) atoms. The van der Waals surface area contributed by atoms with Gasteiger partial charge in [0.1, 0.15) is 0 Å². The molecule has 1 aromatic heterocycles. The van der Waals surface area contributed by atoms with Crippen molar-refractivity contribution >= 4 is 28.6 Å². The van der Waals surface area contributed by atoms with Crippen LogP contribution in [-0.4, -0.2) is 78.7 Å². The number of β-amino-alcohol motifs (C(OH)–C–C–N with tert-alkyl or cyclic N) is 1. The Hall–Kier alpha value is -5.08. The minimum Gasteiger partial charge on any atom is -0.493 e. The van der Waals surface area contributed by atoms with Crippen LogP contribution in [0.2, 0.25) is 0 Å². The molecule has 0 aliphatic carbocycles. The molecule has 11 nitrogen and oxygen atoms in total. The number of nitro groups is 1. The fourth-order valence-electron chi connectivity index (χ4n) is 6.29. The van der Waals surface area contributed by atoms with Crippen LogP contribution in [-0.2, 0) is 21.7 Å². The second-order valence-corrected chi connectivity index (χ2v) is 12.3. The van der Waals surface area contributed by atoms with Gasteiger partial charge in [-0.1, -0.05) is 30.3 Å². The Bertz CT molecular complexity index is 1850. The number of hydrogen-bond acceptors (Lipinski definition) is 9. The van der Waals surface area contributed by atoms with Crippen molar-refractivity contribution < 1.29 is 46.9 Å². The summed E-state index contributed by atoms with van der Waals surface area (Å²) in [6, 6.07) is 16.0. The summed E-state index contributed by atoms with van der Waals surface area (Å²) < 4.78 is 68.4. The van der Waals surface area contributed by atoms with Gasteiger partial charge in [0.05, 0.1) is 37.9 Å². The van der Waals surface area contributed by atoms with Gasteiger partial charge in [-0.25, -0.2) is 4.79 Å². The molecule has 1 fully saturated rings. The number of esters is 1. The lowest BCUT2D eigenvalue weighted by Crippen LogP contribution is -2.52. The fraction of sp³-hybridized carbons (Fsp3) is 0.378. The molecule has 4 aromatic rings. The molecule has 1 atom stereocenters. The van der Waals surface area contributed by atoms with E-state index in [0.717, 1.165) is 11.6 Å². The summed E-state index contributed by atoms with van der Waals surface area (Å²) in [5.74, 6) is 0.613. The van der Waals surface area contributed by atoms with Crippen LogP contribution in [0.15, 0.2) is 72.9 Å². The number of nitrogens with zero attached hydrogens (tertiary/aromatic N) is 3. The zero-order chi connectivity index (χ0) is 36.8.